The van der Waals surface area contributed by atoms with E-state index in [1.807, 2.05) is 25.1 Å². The van der Waals surface area contributed by atoms with E-state index in [2.05, 4.69) is 12.6 Å². The molecule has 1 rings (SSSR count). The summed E-state index contributed by atoms with van der Waals surface area (Å²) in [6, 6.07) is 5.99. The quantitative estimate of drug-likeness (QED) is 0.590. The predicted molar refractivity (Wildman–Crippen MR) is 46.3 cm³/mol. The van der Waals surface area contributed by atoms with E-state index < -0.39 is 0 Å². The van der Waals surface area contributed by atoms with E-state index in [-0.39, 0.29) is 0 Å². The van der Waals surface area contributed by atoms with Gasteiger partial charge in [0, 0.05) is 11.4 Å². The van der Waals surface area contributed by atoms with Crippen LogP contribution >= 0.6 is 12.6 Å². The fraction of sp³-hybridized carbons (Fsp3) is 0.250. The lowest BCUT2D eigenvalue weighted by Crippen LogP contribution is -1.98. The van der Waals surface area contributed by atoms with E-state index in [4.69, 9.17) is 5.73 Å². The van der Waals surface area contributed by atoms with Gasteiger partial charge < -0.3 is 5.73 Å². The summed E-state index contributed by atoms with van der Waals surface area (Å²) in [6.45, 7) is 2.65. The summed E-state index contributed by atoms with van der Waals surface area (Å²) in [5.41, 5.74) is 7.89. The van der Waals surface area contributed by atoms with Gasteiger partial charge in [-0.15, -0.1) is 12.6 Å². The Bertz CT molecular complexity index is 233. The number of rotatable bonds is 1. The zero-order chi connectivity index (χ0) is 7.56. The highest BCUT2D eigenvalue weighted by Crippen LogP contribution is 2.12. The Hall–Kier alpha value is -0.470. The number of nitrogens with two attached hydrogens (primary N) is 1. The first kappa shape index (κ1) is 7.63. The highest BCUT2D eigenvalue weighted by molar-refractivity contribution is 7.80. The summed E-state index contributed by atoms with van der Waals surface area (Å²) in [5.74, 6) is 0. The number of hydrogen-bond acceptors (Lipinski definition) is 2. The van der Waals surface area contributed by atoms with Crippen molar-refractivity contribution in [3.8, 4) is 0 Å². The van der Waals surface area contributed by atoms with Crippen LogP contribution < -0.4 is 5.73 Å². The maximum Gasteiger partial charge on any atom is 0.0180 e. The van der Waals surface area contributed by atoms with Gasteiger partial charge in [0.05, 0.1) is 0 Å². The van der Waals surface area contributed by atoms with Crippen molar-refractivity contribution in [2.45, 2.75) is 18.4 Å². The summed E-state index contributed by atoms with van der Waals surface area (Å²) in [7, 11) is 0. The van der Waals surface area contributed by atoms with Crippen molar-refractivity contribution >= 4 is 12.6 Å². The molecule has 1 nitrogen and oxygen atoms in total. The Balaban J connectivity index is 3.07. The third kappa shape index (κ3) is 1.52. The summed E-state index contributed by atoms with van der Waals surface area (Å²) in [4.78, 5) is 0.995. The first-order valence-corrected chi connectivity index (χ1v) is 3.67. The number of thiol groups is 1. The average molecular weight is 153 g/mol. The molecule has 0 fully saturated rings. The van der Waals surface area contributed by atoms with Crippen LogP contribution in [0.4, 0.5) is 0 Å². The maximum atomic E-state index is 5.48. The Morgan fingerprint density at radius 1 is 1.50 bits per heavy atom. The molecule has 0 radical (unpaired) electrons. The number of aryl methyl sites for hydroxylation is 1. The van der Waals surface area contributed by atoms with Crippen molar-refractivity contribution in [1.82, 2.24) is 0 Å². The van der Waals surface area contributed by atoms with E-state index in [1.54, 1.807) is 0 Å². The van der Waals surface area contributed by atoms with Gasteiger partial charge >= 0.3 is 0 Å². The summed E-state index contributed by atoms with van der Waals surface area (Å²) >= 11 is 4.20. The first-order valence-electron chi connectivity index (χ1n) is 3.22. The largest absolute Gasteiger partial charge is 0.326 e. The standard InChI is InChI=1S/C8H11NS/c1-6-4-8(10)3-2-7(6)5-9/h2-4,10H,5,9H2,1H3. The van der Waals surface area contributed by atoms with E-state index in [9.17, 15) is 0 Å². The van der Waals surface area contributed by atoms with Gasteiger partial charge in [-0.1, -0.05) is 6.07 Å². The lowest BCUT2D eigenvalue weighted by Gasteiger charge is -2.01. The summed E-state index contributed by atoms with van der Waals surface area (Å²) in [5, 5.41) is 0. The Morgan fingerprint density at radius 3 is 2.70 bits per heavy atom. The molecule has 10 heavy (non-hydrogen) atoms. The van der Waals surface area contributed by atoms with E-state index in [0.717, 1.165) is 4.90 Å². The molecular weight excluding hydrogens is 142 g/mol. The van der Waals surface area contributed by atoms with Gasteiger partial charge in [0.1, 0.15) is 0 Å². The molecule has 0 aliphatic rings. The normalized spacial score (nSPS) is 9.90. The highest BCUT2D eigenvalue weighted by atomic mass is 32.1. The Morgan fingerprint density at radius 2 is 2.20 bits per heavy atom. The maximum absolute atomic E-state index is 5.48. The molecule has 0 amide bonds. The molecule has 54 valence electrons. The van der Waals surface area contributed by atoms with Gasteiger partial charge in [-0.25, -0.2) is 0 Å². The molecular formula is C8H11NS. The van der Waals surface area contributed by atoms with Crippen LogP contribution in [-0.2, 0) is 6.54 Å². The van der Waals surface area contributed by atoms with Gasteiger partial charge in [-0.2, -0.15) is 0 Å². The van der Waals surface area contributed by atoms with Crippen molar-refractivity contribution in [1.29, 1.82) is 0 Å². The van der Waals surface area contributed by atoms with Crippen LogP contribution in [0.25, 0.3) is 0 Å². The Kier molecular flexibility index (Phi) is 2.35. The van der Waals surface area contributed by atoms with E-state index in [1.165, 1.54) is 11.1 Å². The lowest BCUT2D eigenvalue weighted by molar-refractivity contribution is 1.04. The number of hydrogen-bond donors (Lipinski definition) is 2. The minimum absolute atomic E-state index is 0.611. The van der Waals surface area contributed by atoms with Crippen LogP contribution in [0.15, 0.2) is 23.1 Å². The summed E-state index contributed by atoms with van der Waals surface area (Å²) < 4.78 is 0. The molecule has 0 aromatic heterocycles. The summed E-state index contributed by atoms with van der Waals surface area (Å²) in [6.07, 6.45) is 0. The third-order valence-corrected chi connectivity index (χ3v) is 1.82. The third-order valence-electron chi connectivity index (χ3n) is 1.55. The molecule has 0 saturated carbocycles. The van der Waals surface area contributed by atoms with E-state index in [0.29, 0.717) is 6.54 Å². The van der Waals surface area contributed by atoms with Crippen molar-refractivity contribution in [3.05, 3.63) is 29.3 Å². The second kappa shape index (κ2) is 3.08. The zero-order valence-corrected chi connectivity index (χ0v) is 6.86. The molecule has 0 saturated heterocycles. The van der Waals surface area contributed by atoms with Crippen LogP contribution in [0, 0.1) is 6.92 Å². The fourth-order valence-corrected chi connectivity index (χ4v) is 1.18. The first-order chi connectivity index (χ1) is 4.74. The molecule has 2 N–H and O–H groups in total. The monoisotopic (exact) mass is 153 g/mol. The van der Waals surface area contributed by atoms with Crippen molar-refractivity contribution in [2.24, 2.45) is 5.73 Å². The van der Waals surface area contributed by atoms with Gasteiger partial charge in [-0.3, -0.25) is 0 Å². The minimum atomic E-state index is 0.611. The minimum Gasteiger partial charge on any atom is -0.326 e. The molecule has 0 aliphatic heterocycles. The molecule has 0 spiro atoms. The Labute approximate surface area is 66.7 Å². The molecule has 0 heterocycles. The van der Waals surface area contributed by atoms with Gasteiger partial charge in [0.15, 0.2) is 0 Å². The molecule has 0 unspecified atom stereocenters. The second-order valence-electron chi connectivity index (χ2n) is 2.31. The molecule has 1 aromatic rings. The van der Waals surface area contributed by atoms with Gasteiger partial charge in [-0.05, 0) is 30.2 Å². The second-order valence-corrected chi connectivity index (χ2v) is 2.83. The van der Waals surface area contributed by atoms with Crippen LogP contribution in [0.5, 0.6) is 0 Å². The fourth-order valence-electron chi connectivity index (χ4n) is 0.909. The van der Waals surface area contributed by atoms with Crippen LogP contribution in [0.3, 0.4) is 0 Å². The molecule has 1 aromatic carbocycles. The van der Waals surface area contributed by atoms with Crippen LogP contribution in [0.2, 0.25) is 0 Å². The van der Waals surface area contributed by atoms with Crippen LogP contribution in [0.1, 0.15) is 11.1 Å². The van der Waals surface area contributed by atoms with Gasteiger partial charge in [0.2, 0.25) is 0 Å². The average Bonchev–Trinajstić information content (AvgIpc) is 1.88. The van der Waals surface area contributed by atoms with Crippen molar-refractivity contribution in [3.63, 3.8) is 0 Å². The molecule has 0 bridgehead atoms. The number of benzene rings is 1. The SMILES string of the molecule is Cc1cc(S)ccc1CN. The van der Waals surface area contributed by atoms with Gasteiger partial charge in [0.25, 0.3) is 0 Å². The highest BCUT2D eigenvalue weighted by Gasteiger charge is 1.93. The predicted octanol–water partition coefficient (Wildman–Crippen LogP) is 1.74. The topological polar surface area (TPSA) is 26.0 Å². The molecule has 0 aliphatic carbocycles. The molecule has 2 heteroatoms. The van der Waals surface area contributed by atoms with E-state index >= 15 is 0 Å². The van der Waals surface area contributed by atoms with Crippen molar-refractivity contribution < 1.29 is 0 Å². The zero-order valence-electron chi connectivity index (χ0n) is 5.96. The van der Waals surface area contributed by atoms with Crippen molar-refractivity contribution in [2.75, 3.05) is 0 Å². The smallest absolute Gasteiger partial charge is 0.0180 e. The lowest BCUT2D eigenvalue weighted by atomic mass is 10.1. The van der Waals surface area contributed by atoms with Crippen LogP contribution in [-0.4, -0.2) is 0 Å². The molecule has 0 atom stereocenters.